The molecule has 4 atom stereocenters. The van der Waals surface area contributed by atoms with Gasteiger partial charge in [-0.2, -0.15) is 0 Å². The lowest BCUT2D eigenvalue weighted by atomic mass is 9.76. The Hall–Kier alpha value is -0.120. The Kier molecular flexibility index (Phi) is 4.45. The van der Waals surface area contributed by atoms with Crippen molar-refractivity contribution in [3.8, 4) is 0 Å². The molecule has 3 heteroatoms. The van der Waals surface area contributed by atoms with Crippen LogP contribution < -0.4 is 5.73 Å². The van der Waals surface area contributed by atoms with E-state index in [1.807, 2.05) is 0 Å². The summed E-state index contributed by atoms with van der Waals surface area (Å²) in [6.45, 7) is 5.87. The van der Waals surface area contributed by atoms with Crippen LogP contribution in [0.4, 0.5) is 0 Å². The molecule has 0 aromatic carbocycles. The van der Waals surface area contributed by atoms with E-state index in [4.69, 9.17) is 5.73 Å². The average molecular weight is 239 g/mol. The monoisotopic (exact) mass is 239 g/mol. The summed E-state index contributed by atoms with van der Waals surface area (Å²) in [4.78, 5) is 4.90. The van der Waals surface area contributed by atoms with Crippen molar-refractivity contribution >= 4 is 0 Å². The van der Waals surface area contributed by atoms with Gasteiger partial charge in [-0.05, 0) is 38.8 Å². The predicted octanol–water partition coefficient (Wildman–Crippen LogP) is 1.39. The van der Waals surface area contributed by atoms with Crippen LogP contribution >= 0.6 is 0 Å². The second kappa shape index (κ2) is 5.68. The third-order valence-corrected chi connectivity index (χ3v) is 4.86. The van der Waals surface area contributed by atoms with Crippen molar-refractivity contribution in [2.45, 2.75) is 44.7 Å². The summed E-state index contributed by atoms with van der Waals surface area (Å²) in [5.41, 5.74) is 6.57. The molecule has 0 bridgehead atoms. The van der Waals surface area contributed by atoms with Crippen LogP contribution in [-0.2, 0) is 0 Å². The molecule has 0 spiro atoms. The maximum absolute atomic E-state index is 6.57. The van der Waals surface area contributed by atoms with Crippen molar-refractivity contribution in [1.29, 1.82) is 0 Å². The molecule has 4 unspecified atom stereocenters. The molecule has 1 aliphatic carbocycles. The maximum atomic E-state index is 6.57. The molecule has 0 aromatic heterocycles. The summed E-state index contributed by atoms with van der Waals surface area (Å²) in [7, 11) is 4.46. The quantitative estimate of drug-likeness (QED) is 0.790. The molecule has 2 aliphatic rings. The van der Waals surface area contributed by atoms with Crippen molar-refractivity contribution < 1.29 is 0 Å². The van der Waals surface area contributed by atoms with E-state index in [2.05, 4.69) is 30.8 Å². The number of nitrogens with two attached hydrogens (primary N) is 1. The smallest absolute Gasteiger partial charge is 0.0374 e. The van der Waals surface area contributed by atoms with E-state index in [0.717, 1.165) is 24.9 Å². The summed E-state index contributed by atoms with van der Waals surface area (Å²) >= 11 is 0. The zero-order valence-electron chi connectivity index (χ0n) is 11.7. The highest BCUT2D eigenvalue weighted by atomic mass is 15.3. The molecule has 0 amide bonds. The van der Waals surface area contributed by atoms with Crippen LogP contribution in [0.1, 0.15) is 32.6 Å². The van der Waals surface area contributed by atoms with E-state index in [-0.39, 0.29) is 0 Å². The van der Waals surface area contributed by atoms with Crippen molar-refractivity contribution in [2.24, 2.45) is 17.6 Å². The van der Waals surface area contributed by atoms with E-state index in [1.165, 1.54) is 32.2 Å². The van der Waals surface area contributed by atoms with E-state index in [9.17, 15) is 0 Å². The second-order valence-electron chi connectivity index (χ2n) is 6.42. The minimum atomic E-state index is 0.366. The van der Waals surface area contributed by atoms with Gasteiger partial charge in [0.05, 0.1) is 0 Å². The first-order chi connectivity index (χ1) is 8.08. The molecule has 2 N–H and O–H groups in total. The second-order valence-corrected chi connectivity index (χ2v) is 6.42. The molecule has 17 heavy (non-hydrogen) atoms. The van der Waals surface area contributed by atoms with Gasteiger partial charge in [-0.3, -0.25) is 4.90 Å². The molecule has 2 fully saturated rings. The van der Waals surface area contributed by atoms with Crippen molar-refractivity contribution in [2.75, 3.05) is 33.7 Å². The molecule has 1 heterocycles. The fourth-order valence-electron chi connectivity index (χ4n) is 3.60. The topological polar surface area (TPSA) is 32.5 Å². The molecule has 0 aromatic rings. The van der Waals surface area contributed by atoms with Crippen LogP contribution in [0, 0.1) is 11.8 Å². The number of rotatable bonds is 2. The average Bonchev–Trinajstić information content (AvgIpc) is 2.31. The molecular formula is C14H29N3. The van der Waals surface area contributed by atoms with Crippen LogP contribution in [0.2, 0.25) is 0 Å². The van der Waals surface area contributed by atoms with E-state index in [0.29, 0.717) is 12.1 Å². The number of hydrogen-bond acceptors (Lipinski definition) is 3. The Bertz CT molecular complexity index is 244. The Morgan fingerprint density at radius 3 is 2.65 bits per heavy atom. The normalized spacial score (nSPS) is 39.2. The fourth-order valence-corrected chi connectivity index (χ4v) is 3.60. The van der Waals surface area contributed by atoms with Crippen LogP contribution in [0.15, 0.2) is 0 Å². The van der Waals surface area contributed by atoms with Gasteiger partial charge >= 0.3 is 0 Å². The zero-order valence-corrected chi connectivity index (χ0v) is 11.7. The summed E-state index contributed by atoms with van der Waals surface area (Å²) in [5, 5.41) is 0. The van der Waals surface area contributed by atoms with Crippen molar-refractivity contribution in [3.63, 3.8) is 0 Å². The predicted molar refractivity (Wildman–Crippen MR) is 73.0 cm³/mol. The lowest BCUT2D eigenvalue weighted by Crippen LogP contribution is -2.59. The highest BCUT2D eigenvalue weighted by Gasteiger charge is 2.34. The van der Waals surface area contributed by atoms with Crippen LogP contribution in [0.3, 0.4) is 0 Å². The molecule has 100 valence electrons. The number of likely N-dealkylation sites (N-methyl/N-ethyl adjacent to an activating group) is 2. The van der Waals surface area contributed by atoms with Gasteiger partial charge in [0.15, 0.2) is 0 Å². The van der Waals surface area contributed by atoms with E-state index >= 15 is 0 Å². The minimum absolute atomic E-state index is 0.366. The highest BCUT2D eigenvalue weighted by molar-refractivity contribution is 4.92. The summed E-state index contributed by atoms with van der Waals surface area (Å²) in [5.74, 6) is 1.63. The van der Waals surface area contributed by atoms with E-state index in [1.54, 1.807) is 0 Å². The fraction of sp³-hybridized carbons (Fsp3) is 1.00. The third kappa shape index (κ3) is 3.21. The molecular weight excluding hydrogens is 210 g/mol. The van der Waals surface area contributed by atoms with E-state index < -0.39 is 0 Å². The maximum Gasteiger partial charge on any atom is 0.0374 e. The zero-order chi connectivity index (χ0) is 12.4. The number of nitrogens with zero attached hydrogens (tertiary/aromatic N) is 2. The summed E-state index contributed by atoms with van der Waals surface area (Å²) < 4.78 is 0. The highest BCUT2D eigenvalue weighted by Crippen LogP contribution is 2.32. The van der Waals surface area contributed by atoms with Gasteiger partial charge in [0.25, 0.3) is 0 Å². The molecule has 1 saturated carbocycles. The van der Waals surface area contributed by atoms with Gasteiger partial charge in [-0.15, -0.1) is 0 Å². The lowest BCUT2D eigenvalue weighted by molar-refractivity contribution is 0.0705. The first-order valence-corrected chi connectivity index (χ1v) is 7.22. The first kappa shape index (κ1) is 13.3. The molecule has 3 nitrogen and oxygen atoms in total. The third-order valence-electron chi connectivity index (χ3n) is 4.86. The van der Waals surface area contributed by atoms with Gasteiger partial charge in [0, 0.05) is 31.7 Å². The SMILES string of the molecule is CC1CCCC(C(N)C2CN(C)CCN2C)C1. The Morgan fingerprint density at radius 1 is 1.18 bits per heavy atom. The lowest BCUT2D eigenvalue weighted by Gasteiger charge is -2.44. The Balaban J connectivity index is 1.95. The summed E-state index contributed by atoms with van der Waals surface area (Å²) in [6, 6.07) is 0.926. The number of piperazine rings is 1. The van der Waals surface area contributed by atoms with Gasteiger partial charge in [0.1, 0.15) is 0 Å². The standard InChI is InChI=1S/C14H29N3/c1-11-5-4-6-12(9-11)14(15)13-10-16(2)7-8-17(13)3/h11-14H,4-10,15H2,1-3H3. The van der Waals surface area contributed by atoms with Gasteiger partial charge in [-0.25, -0.2) is 0 Å². The molecule has 1 saturated heterocycles. The Labute approximate surface area is 106 Å². The molecule has 2 rings (SSSR count). The number of hydrogen-bond donors (Lipinski definition) is 1. The first-order valence-electron chi connectivity index (χ1n) is 7.22. The van der Waals surface area contributed by atoms with Crippen LogP contribution in [0.5, 0.6) is 0 Å². The van der Waals surface area contributed by atoms with Gasteiger partial charge in [0.2, 0.25) is 0 Å². The van der Waals surface area contributed by atoms with Crippen molar-refractivity contribution in [3.05, 3.63) is 0 Å². The van der Waals surface area contributed by atoms with Crippen LogP contribution in [-0.4, -0.2) is 55.6 Å². The molecule has 0 radical (unpaired) electrons. The largest absolute Gasteiger partial charge is 0.326 e. The van der Waals surface area contributed by atoms with Gasteiger partial charge < -0.3 is 10.6 Å². The van der Waals surface area contributed by atoms with Gasteiger partial charge in [-0.1, -0.05) is 19.8 Å². The van der Waals surface area contributed by atoms with Crippen molar-refractivity contribution in [1.82, 2.24) is 9.80 Å². The van der Waals surface area contributed by atoms with Crippen LogP contribution in [0.25, 0.3) is 0 Å². The summed E-state index contributed by atoms with van der Waals surface area (Å²) in [6.07, 6.45) is 5.48. The molecule has 1 aliphatic heterocycles. The minimum Gasteiger partial charge on any atom is -0.326 e. The Morgan fingerprint density at radius 2 is 1.94 bits per heavy atom.